The molecule has 1 N–H and O–H groups in total. The molecule has 1 saturated heterocycles. The highest BCUT2D eigenvalue weighted by atomic mass is 16.5. The average molecular weight is 395 g/mol. The molecule has 0 saturated carbocycles. The number of ketones is 1. The van der Waals surface area contributed by atoms with Crippen LogP contribution in [0, 0.1) is 6.92 Å². The van der Waals surface area contributed by atoms with Crippen molar-refractivity contribution in [2.75, 3.05) is 27.4 Å². The highest BCUT2D eigenvalue weighted by Crippen LogP contribution is 2.39. The number of carbonyl (C=O) groups is 2. The minimum Gasteiger partial charge on any atom is -0.507 e. The van der Waals surface area contributed by atoms with E-state index < -0.39 is 17.7 Å². The quantitative estimate of drug-likeness (QED) is 0.336. The van der Waals surface area contributed by atoms with E-state index in [4.69, 9.17) is 9.47 Å². The molecule has 0 aliphatic carbocycles. The van der Waals surface area contributed by atoms with Crippen molar-refractivity contribution in [3.8, 4) is 5.75 Å². The summed E-state index contributed by atoms with van der Waals surface area (Å²) < 4.78 is 10.3. The Morgan fingerprint density at radius 3 is 2.48 bits per heavy atom. The van der Waals surface area contributed by atoms with Crippen LogP contribution in [-0.2, 0) is 14.3 Å². The summed E-state index contributed by atoms with van der Waals surface area (Å²) in [6, 6.07) is 13.8. The number of nitrogens with zero attached hydrogens (tertiary/aromatic N) is 1. The highest BCUT2D eigenvalue weighted by molar-refractivity contribution is 6.46. The van der Waals surface area contributed by atoms with Crippen LogP contribution in [0.15, 0.2) is 54.1 Å². The summed E-state index contributed by atoms with van der Waals surface area (Å²) in [5, 5.41) is 11.0. The van der Waals surface area contributed by atoms with E-state index in [-0.39, 0.29) is 11.3 Å². The Labute approximate surface area is 170 Å². The largest absolute Gasteiger partial charge is 0.507 e. The summed E-state index contributed by atoms with van der Waals surface area (Å²) in [6.45, 7) is 2.79. The van der Waals surface area contributed by atoms with Crippen LogP contribution in [0.25, 0.3) is 5.76 Å². The van der Waals surface area contributed by atoms with Gasteiger partial charge in [0.25, 0.3) is 11.7 Å². The molecule has 1 fully saturated rings. The number of aliphatic hydroxyl groups is 1. The number of Topliss-reactive ketones (excluding diaryl/α,β-unsaturated/α-hetero) is 1. The van der Waals surface area contributed by atoms with E-state index in [1.807, 2.05) is 31.2 Å². The van der Waals surface area contributed by atoms with E-state index >= 15 is 0 Å². The van der Waals surface area contributed by atoms with E-state index in [1.165, 1.54) is 12.0 Å². The average Bonchev–Trinajstić information content (AvgIpc) is 2.99. The molecule has 152 valence electrons. The second-order valence-corrected chi connectivity index (χ2v) is 6.98. The van der Waals surface area contributed by atoms with Gasteiger partial charge in [0, 0.05) is 25.8 Å². The molecule has 1 amide bonds. The van der Waals surface area contributed by atoms with Crippen molar-refractivity contribution in [2.24, 2.45) is 0 Å². The number of likely N-dealkylation sites (tertiary alicyclic amines) is 1. The number of benzene rings is 2. The fraction of sp³-hybridized carbons (Fsp3) is 0.304. The normalized spacial score (nSPS) is 18.3. The zero-order chi connectivity index (χ0) is 21.0. The first-order valence-electron chi connectivity index (χ1n) is 9.46. The third kappa shape index (κ3) is 4.17. The van der Waals surface area contributed by atoms with Gasteiger partial charge in [-0.15, -0.1) is 0 Å². The lowest BCUT2D eigenvalue weighted by Gasteiger charge is -2.25. The molecule has 1 heterocycles. The topological polar surface area (TPSA) is 76.1 Å². The Bertz CT molecular complexity index is 933. The summed E-state index contributed by atoms with van der Waals surface area (Å²) in [7, 11) is 3.12. The number of methoxy groups -OCH3 is 2. The molecule has 29 heavy (non-hydrogen) atoms. The first-order valence-corrected chi connectivity index (χ1v) is 9.46. The van der Waals surface area contributed by atoms with Crippen LogP contribution in [0.1, 0.15) is 29.2 Å². The van der Waals surface area contributed by atoms with Crippen LogP contribution in [0.4, 0.5) is 0 Å². The number of hydrogen-bond acceptors (Lipinski definition) is 5. The Morgan fingerprint density at radius 1 is 1.10 bits per heavy atom. The summed E-state index contributed by atoms with van der Waals surface area (Å²) in [4.78, 5) is 27.2. The van der Waals surface area contributed by atoms with Crippen LogP contribution >= 0.6 is 0 Å². The molecular formula is C23H25NO5. The molecule has 0 bridgehead atoms. The molecule has 3 rings (SSSR count). The summed E-state index contributed by atoms with van der Waals surface area (Å²) in [6.07, 6.45) is 0.588. The third-order valence-corrected chi connectivity index (χ3v) is 5.02. The molecule has 2 aromatic carbocycles. The predicted molar refractivity (Wildman–Crippen MR) is 110 cm³/mol. The second kappa shape index (κ2) is 8.92. The van der Waals surface area contributed by atoms with Crippen LogP contribution < -0.4 is 4.74 Å². The smallest absolute Gasteiger partial charge is 0.295 e. The molecule has 0 aromatic heterocycles. The summed E-state index contributed by atoms with van der Waals surface area (Å²) >= 11 is 0. The van der Waals surface area contributed by atoms with Crippen LogP contribution in [-0.4, -0.2) is 49.1 Å². The Hall–Kier alpha value is -3.12. The fourth-order valence-electron chi connectivity index (χ4n) is 3.51. The van der Waals surface area contributed by atoms with Gasteiger partial charge in [0.2, 0.25) is 0 Å². The van der Waals surface area contributed by atoms with Gasteiger partial charge in [0.05, 0.1) is 18.7 Å². The fourth-order valence-corrected chi connectivity index (χ4v) is 3.51. The minimum atomic E-state index is -0.687. The van der Waals surface area contributed by atoms with Crippen molar-refractivity contribution in [1.29, 1.82) is 0 Å². The van der Waals surface area contributed by atoms with Gasteiger partial charge >= 0.3 is 0 Å². The number of carbonyl (C=O) groups excluding carboxylic acids is 2. The number of aliphatic hydroxyl groups excluding tert-OH is 1. The van der Waals surface area contributed by atoms with Gasteiger partial charge in [-0.05, 0) is 31.0 Å². The van der Waals surface area contributed by atoms with Crippen LogP contribution in [0.2, 0.25) is 0 Å². The van der Waals surface area contributed by atoms with E-state index in [1.54, 1.807) is 31.4 Å². The van der Waals surface area contributed by atoms with Crippen molar-refractivity contribution in [3.05, 3.63) is 70.8 Å². The van der Waals surface area contributed by atoms with Crippen molar-refractivity contribution in [3.63, 3.8) is 0 Å². The van der Waals surface area contributed by atoms with Crippen LogP contribution in [0.3, 0.4) is 0 Å². The van der Waals surface area contributed by atoms with E-state index in [2.05, 4.69) is 0 Å². The lowest BCUT2D eigenvalue weighted by molar-refractivity contribution is -0.140. The molecule has 0 radical (unpaired) electrons. The van der Waals surface area contributed by atoms with E-state index in [0.29, 0.717) is 30.9 Å². The lowest BCUT2D eigenvalue weighted by Crippen LogP contribution is -2.31. The molecule has 1 unspecified atom stereocenters. The molecule has 0 spiro atoms. The highest BCUT2D eigenvalue weighted by Gasteiger charge is 2.45. The predicted octanol–water partition coefficient (Wildman–Crippen LogP) is 3.46. The zero-order valence-corrected chi connectivity index (χ0v) is 16.8. The number of amides is 1. The Morgan fingerprint density at radius 2 is 1.83 bits per heavy atom. The maximum atomic E-state index is 12.9. The van der Waals surface area contributed by atoms with Gasteiger partial charge in [0.15, 0.2) is 0 Å². The first-order chi connectivity index (χ1) is 14.0. The number of rotatable bonds is 7. The van der Waals surface area contributed by atoms with Gasteiger partial charge in [-0.2, -0.15) is 0 Å². The molecule has 1 aliphatic heterocycles. The summed E-state index contributed by atoms with van der Waals surface area (Å²) in [5.74, 6) is -0.957. The number of hydrogen-bond donors (Lipinski definition) is 1. The maximum absolute atomic E-state index is 12.9. The van der Waals surface area contributed by atoms with Crippen molar-refractivity contribution in [1.82, 2.24) is 4.90 Å². The first kappa shape index (κ1) is 20.6. The number of ether oxygens (including phenoxy) is 2. The minimum absolute atomic E-state index is 0.0875. The standard InChI is InChI=1S/C23H25NO5/c1-15-8-10-16(11-9-15)20-19(21(25)17-6-4-7-18(14-17)29-3)22(26)23(27)24(20)12-5-13-28-2/h4,6-11,14,20,25H,5,12-13H2,1-3H3/b21-19+. The molecule has 6 heteroatoms. The van der Waals surface area contributed by atoms with Gasteiger partial charge < -0.3 is 19.5 Å². The van der Waals surface area contributed by atoms with Crippen molar-refractivity contribution >= 4 is 17.4 Å². The monoisotopic (exact) mass is 395 g/mol. The zero-order valence-electron chi connectivity index (χ0n) is 16.8. The Balaban J connectivity index is 2.12. The van der Waals surface area contributed by atoms with Gasteiger partial charge in [0.1, 0.15) is 11.5 Å². The van der Waals surface area contributed by atoms with Gasteiger partial charge in [-0.3, -0.25) is 9.59 Å². The van der Waals surface area contributed by atoms with E-state index in [0.717, 1.165) is 11.1 Å². The van der Waals surface area contributed by atoms with Crippen LogP contribution in [0.5, 0.6) is 5.75 Å². The number of aryl methyl sites for hydroxylation is 1. The molecule has 1 aliphatic rings. The lowest BCUT2D eigenvalue weighted by atomic mass is 9.94. The maximum Gasteiger partial charge on any atom is 0.295 e. The molecule has 6 nitrogen and oxygen atoms in total. The van der Waals surface area contributed by atoms with Crippen molar-refractivity contribution in [2.45, 2.75) is 19.4 Å². The molecule has 2 aromatic rings. The van der Waals surface area contributed by atoms with Gasteiger partial charge in [-0.1, -0.05) is 42.0 Å². The van der Waals surface area contributed by atoms with Crippen molar-refractivity contribution < 1.29 is 24.2 Å². The van der Waals surface area contributed by atoms with Gasteiger partial charge in [-0.25, -0.2) is 0 Å². The molecular weight excluding hydrogens is 370 g/mol. The summed E-state index contributed by atoms with van der Waals surface area (Å²) in [5.41, 5.74) is 2.36. The second-order valence-electron chi connectivity index (χ2n) is 6.98. The molecule has 1 atom stereocenters. The third-order valence-electron chi connectivity index (χ3n) is 5.02. The Kier molecular flexibility index (Phi) is 6.34. The van der Waals surface area contributed by atoms with E-state index in [9.17, 15) is 14.7 Å². The SMILES string of the molecule is COCCCN1C(=O)C(=O)/C(=C(/O)c2cccc(OC)c2)C1c1ccc(C)cc1.